The summed E-state index contributed by atoms with van der Waals surface area (Å²) < 4.78 is 5.20. The zero-order chi connectivity index (χ0) is 15.2. The Hall–Kier alpha value is -1.46. The van der Waals surface area contributed by atoms with Gasteiger partial charge in [-0.2, -0.15) is 0 Å². The average molecular weight is 312 g/mol. The van der Waals surface area contributed by atoms with E-state index >= 15 is 0 Å². The van der Waals surface area contributed by atoms with Crippen LogP contribution in [0.3, 0.4) is 0 Å². The van der Waals surface area contributed by atoms with Crippen LogP contribution in [0.1, 0.15) is 19.8 Å². The van der Waals surface area contributed by atoms with Crippen LogP contribution in [-0.2, 0) is 0 Å². The van der Waals surface area contributed by atoms with Crippen molar-refractivity contribution in [1.29, 1.82) is 0 Å². The predicted molar refractivity (Wildman–Crippen MR) is 85.3 cm³/mol. The SMILES string of the molecule is CCN1CCCC1CNC(=O)Nc1cc(Cl)ccc1OC. The van der Waals surface area contributed by atoms with Crippen LogP contribution in [-0.4, -0.2) is 43.7 Å². The second-order valence-corrected chi connectivity index (χ2v) is 5.54. The summed E-state index contributed by atoms with van der Waals surface area (Å²) in [6, 6.07) is 5.32. The molecule has 1 fully saturated rings. The maximum Gasteiger partial charge on any atom is 0.319 e. The van der Waals surface area contributed by atoms with Crippen LogP contribution in [0.25, 0.3) is 0 Å². The van der Waals surface area contributed by atoms with Gasteiger partial charge in [0.05, 0.1) is 12.8 Å². The van der Waals surface area contributed by atoms with E-state index in [2.05, 4.69) is 22.5 Å². The van der Waals surface area contributed by atoms with Crippen molar-refractivity contribution in [3.63, 3.8) is 0 Å². The molecule has 6 heteroatoms. The number of rotatable bonds is 5. The molecule has 2 amide bonds. The fourth-order valence-electron chi connectivity index (χ4n) is 2.70. The Kier molecular flexibility index (Phi) is 5.70. The fourth-order valence-corrected chi connectivity index (χ4v) is 2.87. The van der Waals surface area contributed by atoms with Gasteiger partial charge in [-0.05, 0) is 44.1 Å². The summed E-state index contributed by atoms with van der Waals surface area (Å²) in [4.78, 5) is 14.4. The van der Waals surface area contributed by atoms with Gasteiger partial charge in [0.25, 0.3) is 0 Å². The average Bonchev–Trinajstić information content (AvgIpc) is 2.93. The summed E-state index contributed by atoms with van der Waals surface area (Å²) in [6.45, 7) is 4.94. The maximum absolute atomic E-state index is 12.0. The number of amides is 2. The van der Waals surface area contributed by atoms with E-state index in [1.54, 1.807) is 25.3 Å². The molecule has 0 aliphatic carbocycles. The van der Waals surface area contributed by atoms with E-state index < -0.39 is 0 Å². The van der Waals surface area contributed by atoms with E-state index in [0.717, 1.165) is 19.5 Å². The third-order valence-corrected chi connectivity index (χ3v) is 4.05. The Labute approximate surface area is 130 Å². The van der Waals surface area contributed by atoms with E-state index in [4.69, 9.17) is 16.3 Å². The number of ether oxygens (including phenoxy) is 1. The lowest BCUT2D eigenvalue weighted by atomic mass is 10.2. The smallest absolute Gasteiger partial charge is 0.319 e. The molecule has 21 heavy (non-hydrogen) atoms. The monoisotopic (exact) mass is 311 g/mol. The molecule has 1 heterocycles. The van der Waals surface area contributed by atoms with E-state index in [9.17, 15) is 4.79 Å². The van der Waals surface area contributed by atoms with Gasteiger partial charge in [-0.25, -0.2) is 4.79 Å². The number of anilines is 1. The highest BCUT2D eigenvalue weighted by Crippen LogP contribution is 2.27. The van der Waals surface area contributed by atoms with E-state index in [1.165, 1.54) is 6.42 Å². The molecule has 1 aromatic carbocycles. The van der Waals surface area contributed by atoms with Crippen molar-refractivity contribution in [3.05, 3.63) is 23.2 Å². The molecular weight excluding hydrogens is 290 g/mol. The van der Waals surface area contributed by atoms with Gasteiger partial charge < -0.3 is 15.4 Å². The van der Waals surface area contributed by atoms with Gasteiger partial charge in [-0.3, -0.25) is 4.90 Å². The first kappa shape index (κ1) is 15.9. The number of hydrogen-bond acceptors (Lipinski definition) is 3. The highest BCUT2D eigenvalue weighted by atomic mass is 35.5. The molecule has 0 saturated carbocycles. The van der Waals surface area contributed by atoms with Crippen LogP contribution in [0.2, 0.25) is 5.02 Å². The molecule has 1 atom stereocenters. The molecule has 1 aliphatic rings. The molecule has 5 nitrogen and oxygen atoms in total. The minimum Gasteiger partial charge on any atom is -0.495 e. The molecule has 2 N–H and O–H groups in total. The summed E-state index contributed by atoms with van der Waals surface area (Å²) in [5, 5.41) is 6.25. The van der Waals surface area contributed by atoms with Crippen molar-refractivity contribution in [2.45, 2.75) is 25.8 Å². The normalized spacial score (nSPS) is 18.5. The summed E-state index contributed by atoms with van der Waals surface area (Å²) in [7, 11) is 1.56. The van der Waals surface area contributed by atoms with Crippen LogP contribution >= 0.6 is 11.6 Å². The first-order valence-corrected chi connectivity index (χ1v) is 7.64. The highest BCUT2D eigenvalue weighted by Gasteiger charge is 2.23. The number of urea groups is 1. The molecule has 1 saturated heterocycles. The van der Waals surface area contributed by atoms with Crippen molar-refractivity contribution in [1.82, 2.24) is 10.2 Å². The summed E-state index contributed by atoms with van der Waals surface area (Å²) >= 11 is 5.94. The fraction of sp³-hybridized carbons (Fsp3) is 0.533. The summed E-state index contributed by atoms with van der Waals surface area (Å²) in [5.41, 5.74) is 0.571. The number of halogens is 1. The van der Waals surface area contributed by atoms with Crippen molar-refractivity contribution >= 4 is 23.3 Å². The minimum atomic E-state index is -0.237. The van der Waals surface area contributed by atoms with E-state index in [1.807, 2.05) is 0 Å². The molecule has 0 aromatic heterocycles. The quantitative estimate of drug-likeness (QED) is 0.879. The molecule has 1 unspecified atom stereocenters. The van der Waals surface area contributed by atoms with Crippen LogP contribution in [0.4, 0.5) is 10.5 Å². The Morgan fingerprint density at radius 2 is 2.33 bits per heavy atom. The Balaban J connectivity index is 1.88. The van der Waals surface area contributed by atoms with Gasteiger partial charge >= 0.3 is 6.03 Å². The second-order valence-electron chi connectivity index (χ2n) is 5.10. The maximum atomic E-state index is 12.0. The zero-order valence-corrected chi connectivity index (χ0v) is 13.2. The number of carbonyl (C=O) groups is 1. The first-order chi connectivity index (χ1) is 10.1. The van der Waals surface area contributed by atoms with Crippen LogP contribution in [0, 0.1) is 0 Å². The lowest BCUT2D eigenvalue weighted by molar-refractivity contribution is 0.238. The first-order valence-electron chi connectivity index (χ1n) is 7.26. The number of nitrogens with zero attached hydrogens (tertiary/aromatic N) is 1. The van der Waals surface area contributed by atoms with Gasteiger partial charge in [-0.15, -0.1) is 0 Å². The predicted octanol–water partition coefficient (Wildman–Crippen LogP) is 2.95. The van der Waals surface area contributed by atoms with Gasteiger partial charge in [0.15, 0.2) is 0 Å². The Bertz CT molecular complexity index is 496. The van der Waals surface area contributed by atoms with Gasteiger partial charge in [0.2, 0.25) is 0 Å². The highest BCUT2D eigenvalue weighted by molar-refractivity contribution is 6.31. The number of likely N-dealkylation sites (tertiary alicyclic amines) is 1. The van der Waals surface area contributed by atoms with E-state index in [0.29, 0.717) is 29.0 Å². The van der Waals surface area contributed by atoms with Gasteiger partial charge in [0.1, 0.15) is 5.75 Å². The van der Waals surface area contributed by atoms with E-state index in [-0.39, 0.29) is 6.03 Å². The number of nitrogens with one attached hydrogen (secondary N) is 2. The Morgan fingerprint density at radius 3 is 3.05 bits per heavy atom. The Morgan fingerprint density at radius 1 is 1.52 bits per heavy atom. The number of carbonyl (C=O) groups excluding carboxylic acids is 1. The molecule has 1 aromatic rings. The number of methoxy groups -OCH3 is 1. The standard InChI is InChI=1S/C15H22ClN3O2/c1-3-19-8-4-5-12(19)10-17-15(20)18-13-9-11(16)6-7-14(13)21-2/h6-7,9,12H,3-5,8,10H2,1-2H3,(H2,17,18,20). The lowest BCUT2D eigenvalue weighted by Gasteiger charge is -2.23. The second kappa shape index (κ2) is 7.52. The summed E-state index contributed by atoms with van der Waals surface area (Å²) in [5.74, 6) is 0.589. The number of hydrogen-bond donors (Lipinski definition) is 2. The molecule has 2 rings (SSSR count). The molecule has 0 spiro atoms. The third kappa shape index (κ3) is 4.25. The lowest BCUT2D eigenvalue weighted by Crippen LogP contribution is -2.41. The van der Waals surface area contributed by atoms with Crippen LogP contribution < -0.4 is 15.4 Å². The molecular formula is C15H22ClN3O2. The van der Waals surface area contributed by atoms with Crippen LogP contribution in [0.15, 0.2) is 18.2 Å². The third-order valence-electron chi connectivity index (χ3n) is 3.81. The summed E-state index contributed by atoms with van der Waals surface area (Å²) in [6.07, 6.45) is 2.33. The van der Waals surface area contributed by atoms with Gasteiger partial charge in [0, 0.05) is 17.6 Å². The zero-order valence-electron chi connectivity index (χ0n) is 12.5. The van der Waals surface area contributed by atoms with Gasteiger partial charge in [-0.1, -0.05) is 18.5 Å². The van der Waals surface area contributed by atoms with Crippen molar-refractivity contribution in [2.75, 3.05) is 32.1 Å². The molecule has 116 valence electrons. The molecule has 0 radical (unpaired) electrons. The van der Waals surface area contributed by atoms with Crippen LogP contribution in [0.5, 0.6) is 5.75 Å². The largest absolute Gasteiger partial charge is 0.495 e. The number of benzene rings is 1. The van der Waals surface area contributed by atoms with Crippen molar-refractivity contribution in [3.8, 4) is 5.75 Å². The molecule has 1 aliphatic heterocycles. The minimum absolute atomic E-state index is 0.237. The number of likely N-dealkylation sites (N-methyl/N-ethyl adjacent to an activating group) is 1. The molecule has 0 bridgehead atoms. The van der Waals surface area contributed by atoms with Crippen molar-refractivity contribution in [2.24, 2.45) is 0 Å². The topological polar surface area (TPSA) is 53.6 Å². The van der Waals surface area contributed by atoms with Crippen molar-refractivity contribution < 1.29 is 9.53 Å².